The second-order valence-electron chi connectivity index (χ2n) is 7.40. The predicted molar refractivity (Wildman–Crippen MR) is 116 cm³/mol. The van der Waals surface area contributed by atoms with E-state index in [0.717, 1.165) is 31.0 Å². The molecule has 4 rings (SSSR count). The van der Waals surface area contributed by atoms with Gasteiger partial charge >= 0.3 is 0 Å². The molecule has 3 aromatic heterocycles. The van der Waals surface area contributed by atoms with Crippen LogP contribution in [0, 0.1) is 5.41 Å². The fourth-order valence-corrected chi connectivity index (χ4v) is 3.56. The van der Waals surface area contributed by atoms with Crippen LogP contribution in [0.2, 0.25) is 0 Å². The minimum Gasteiger partial charge on any atom is -0.397 e. The van der Waals surface area contributed by atoms with Gasteiger partial charge in [0.15, 0.2) is 0 Å². The number of nitrogens with one attached hydrogen (secondary N) is 2. The van der Waals surface area contributed by atoms with E-state index in [1.54, 1.807) is 18.5 Å². The van der Waals surface area contributed by atoms with Crippen LogP contribution in [-0.4, -0.2) is 57.8 Å². The van der Waals surface area contributed by atoms with Gasteiger partial charge in [-0.05, 0) is 25.1 Å². The molecule has 4 N–H and O–H groups in total. The van der Waals surface area contributed by atoms with Crippen LogP contribution < -0.4 is 16.0 Å². The molecule has 1 fully saturated rings. The fraction of sp³-hybridized carbons (Fsp3) is 0.333. The van der Waals surface area contributed by atoms with Gasteiger partial charge in [0.1, 0.15) is 12.5 Å². The van der Waals surface area contributed by atoms with Gasteiger partial charge in [-0.25, -0.2) is 9.37 Å². The summed E-state index contributed by atoms with van der Waals surface area (Å²) < 4.78 is 14.1. The maximum atomic E-state index is 12.6. The molecule has 0 spiro atoms. The Kier molecular flexibility index (Phi) is 5.71. The highest BCUT2D eigenvalue weighted by Gasteiger charge is 2.19. The quantitative estimate of drug-likeness (QED) is 0.539. The molecule has 0 aromatic carbocycles. The third kappa shape index (κ3) is 4.16. The molecule has 0 bridgehead atoms. The molecule has 156 valence electrons. The van der Waals surface area contributed by atoms with Gasteiger partial charge in [-0.15, -0.1) is 0 Å². The van der Waals surface area contributed by atoms with Gasteiger partial charge in [-0.3, -0.25) is 15.1 Å². The van der Waals surface area contributed by atoms with Crippen molar-refractivity contribution in [2.75, 3.05) is 36.9 Å². The summed E-state index contributed by atoms with van der Waals surface area (Å²) in [7, 11) is 0. The summed E-state index contributed by atoms with van der Waals surface area (Å²) in [5.41, 5.74) is 9.25. The summed E-state index contributed by atoms with van der Waals surface area (Å²) in [6, 6.07) is 7.85. The molecule has 30 heavy (non-hydrogen) atoms. The molecule has 9 heteroatoms. The zero-order valence-electron chi connectivity index (χ0n) is 16.8. The van der Waals surface area contributed by atoms with E-state index >= 15 is 0 Å². The summed E-state index contributed by atoms with van der Waals surface area (Å²) in [5, 5.41) is 16.3. The largest absolute Gasteiger partial charge is 0.397 e. The van der Waals surface area contributed by atoms with Crippen LogP contribution in [-0.2, 0) is 6.54 Å². The van der Waals surface area contributed by atoms with Crippen LogP contribution in [0.4, 0.5) is 15.9 Å². The first kappa shape index (κ1) is 20.0. The van der Waals surface area contributed by atoms with Crippen molar-refractivity contribution >= 4 is 17.2 Å². The molecule has 8 nitrogen and oxygen atoms in total. The Hall–Kier alpha value is -3.33. The maximum Gasteiger partial charge on any atom is 0.129 e. The zero-order chi connectivity index (χ0) is 21.1. The molecule has 1 saturated heterocycles. The summed E-state index contributed by atoms with van der Waals surface area (Å²) in [6.45, 7) is 4.50. The zero-order valence-corrected chi connectivity index (χ0v) is 16.8. The lowest BCUT2D eigenvalue weighted by Crippen LogP contribution is -2.49. The molecule has 1 unspecified atom stereocenters. The molecule has 1 aliphatic rings. The third-order valence-corrected chi connectivity index (χ3v) is 5.13. The van der Waals surface area contributed by atoms with E-state index in [4.69, 9.17) is 16.1 Å². The number of pyridine rings is 2. The molecular weight excluding hydrogens is 383 g/mol. The summed E-state index contributed by atoms with van der Waals surface area (Å²) in [4.78, 5) is 11.3. The molecule has 1 aliphatic heterocycles. The summed E-state index contributed by atoms with van der Waals surface area (Å²) in [5.74, 6) is 0.853. The Labute approximate surface area is 174 Å². The number of aromatic nitrogens is 4. The van der Waals surface area contributed by atoms with E-state index in [2.05, 4.69) is 27.2 Å². The normalized spacial score (nSPS) is 16.6. The molecule has 0 aliphatic carbocycles. The number of nitrogens with two attached hydrogens (primary N) is 1. The number of nitrogens with zero attached hydrogens (tertiary/aromatic N) is 5. The van der Waals surface area contributed by atoms with E-state index in [1.165, 1.54) is 10.9 Å². The Morgan fingerprint density at radius 3 is 3.03 bits per heavy atom. The van der Waals surface area contributed by atoms with E-state index in [-0.39, 0.29) is 12.3 Å². The number of alkyl halides is 1. The van der Waals surface area contributed by atoms with Gasteiger partial charge in [0, 0.05) is 43.0 Å². The van der Waals surface area contributed by atoms with Gasteiger partial charge in [0.05, 0.1) is 41.7 Å². The second kappa shape index (κ2) is 8.58. The first-order valence-corrected chi connectivity index (χ1v) is 9.94. The highest BCUT2D eigenvalue weighted by atomic mass is 19.1. The Bertz CT molecular complexity index is 1050. The predicted octanol–water partition coefficient (Wildman–Crippen LogP) is 2.11. The molecule has 0 amide bonds. The lowest BCUT2D eigenvalue weighted by Gasteiger charge is -2.32. The second-order valence-corrected chi connectivity index (χ2v) is 7.40. The summed E-state index contributed by atoms with van der Waals surface area (Å²) >= 11 is 0. The van der Waals surface area contributed by atoms with Crippen molar-refractivity contribution in [1.29, 1.82) is 5.41 Å². The van der Waals surface area contributed by atoms with Crippen molar-refractivity contribution in [3.63, 3.8) is 0 Å². The van der Waals surface area contributed by atoms with Crippen LogP contribution >= 0.6 is 0 Å². The molecule has 3 aromatic rings. The first-order valence-electron chi connectivity index (χ1n) is 9.94. The third-order valence-electron chi connectivity index (χ3n) is 5.13. The average molecular weight is 408 g/mol. The minimum atomic E-state index is -0.486. The number of anilines is 2. The van der Waals surface area contributed by atoms with E-state index in [0.29, 0.717) is 28.7 Å². The van der Waals surface area contributed by atoms with Crippen molar-refractivity contribution in [2.45, 2.75) is 19.5 Å². The molecule has 4 heterocycles. The molecule has 0 saturated carbocycles. The van der Waals surface area contributed by atoms with Crippen LogP contribution in [0.15, 0.2) is 42.9 Å². The number of piperazine rings is 1. The van der Waals surface area contributed by atoms with Crippen molar-refractivity contribution in [2.24, 2.45) is 0 Å². The van der Waals surface area contributed by atoms with Gasteiger partial charge in [0.25, 0.3) is 0 Å². The van der Waals surface area contributed by atoms with E-state index < -0.39 is 6.67 Å². The smallest absolute Gasteiger partial charge is 0.129 e. The average Bonchev–Trinajstić information content (AvgIpc) is 3.23. The lowest BCUT2D eigenvalue weighted by atomic mass is 10.0. The SMILES string of the molecule is CC1CN(c2cccc(C(=N)c3cc(-c4cnn(CCF)c4)ncc3N)n2)CCN1. The summed E-state index contributed by atoms with van der Waals surface area (Å²) in [6.07, 6.45) is 4.90. The highest BCUT2D eigenvalue weighted by molar-refractivity contribution is 6.13. The van der Waals surface area contributed by atoms with Gasteiger partial charge in [0.2, 0.25) is 0 Å². The van der Waals surface area contributed by atoms with Crippen molar-refractivity contribution < 1.29 is 4.39 Å². The van der Waals surface area contributed by atoms with Crippen LogP contribution in [0.3, 0.4) is 0 Å². The molecular formula is C21H25FN8. The minimum absolute atomic E-state index is 0.193. The van der Waals surface area contributed by atoms with Crippen LogP contribution in [0.1, 0.15) is 18.2 Å². The maximum absolute atomic E-state index is 12.6. The highest BCUT2D eigenvalue weighted by Crippen LogP contribution is 2.23. The topological polar surface area (TPSA) is 109 Å². The monoisotopic (exact) mass is 408 g/mol. The number of hydrogen-bond donors (Lipinski definition) is 3. The number of rotatable bonds is 6. The number of halogens is 1. The first-order chi connectivity index (χ1) is 14.5. The van der Waals surface area contributed by atoms with Crippen LogP contribution in [0.5, 0.6) is 0 Å². The van der Waals surface area contributed by atoms with Gasteiger partial charge in [-0.2, -0.15) is 5.10 Å². The molecule has 1 atom stereocenters. The van der Waals surface area contributed by atoms with Crippen molar-refractivity contribution in [1.82, 2.24) is 25.1 Å². The van der Waals surface area contributed by atoms with E-state index in [1.807, 2.05) is 18.2 Å². The number of nitrogen functional groups attached to an aromatic ring is 1. The lowest BCUT2D eigenvalue weighted by molar-refractivity contribution is 0.427. The Morgan fingerprint density at radius 2 is 2.23 bits per heavy atom. The van der Waals surface area contributed by atoms with Gasteiger partial charge < -0.3 is 16.0 Å². The fourth-order valence-electron chi connectivity index (χ4n) is 3.56. The number of aryl methyl sites for hydroxylation is 1. The Morgan fingerprint density at radius 1 is 1.37 bits per heavy atom. The van der Waals surface area contributed by atoms with Crippen molar-refractivity contribution in [3.05, 3.63) is 54.1 Å². The molecule has 0 radical (unpaired) electrons. The van der Waals surface area contributed by atoms with E-state index in [9.17, 15) is 4.39 Å². The number of hydrogen-bond acceptors (Lipinski definition) is 7. The van der Waals surface area contributed by atoms with Gasteiger partial charge in [-0.1, -0.05) is 6.07 Å². The van der Waals surface area contributed by atoms with Crippen molar-refractivity contribution in [3.8, 4) is 11.3 Å². The standard InChI is InChI=1S/C21H25FN8/c1-14-12-29(8-6-25-14)20-4-2-3-18(28-20)21(24)16-9-19(26-11-17(16)23)15-10-27-30(13-15)7-5-22/h2-4,9-11,13-14,24-25H,5-8,12,23H2,1H3. The Balaban J connectivity index is 1.62. The van der Waals surface area contributed by atoms with Crippen LogP contribution in [0.25, 0.3) is 11.3 Å².